The van der Waals surface area contributed by atoms with Gasteiger partial charge in [-0.15, -0.1) is 0 Å². The summed E-state index contributed by atoms with van der Waals surface area (Å²) in [5.74, 6) is -7.14. The van der Waals surface area contributed by atoms with Crippen molar-refractivity contribution in [2.45, 2.75) is 121 Å². The Balaban J connectivity index is 0.000000578. The van der Waals surface area contributed by atoms with Crippen LogP contribution < -0.4 is 5.73 Å². The molecular formula is C44H73N6O10+. The predicted molar refractivity (Wildman–Crippen MR) is 226 cm³/mol. The van der Waals surface area contributed by atoms with Crippen LogP contribution in [0.15, 0.2) is 37.4 Å². The summed E-state index contributed by atoms with van der Waals surface area (Å²) in [5.41, 5.74) is 3.72. The fraction of sp³-hybridized carbons (Fsp3) is 0.705. The van der Waals surface area contributed by atoms with Crippen molar-refractivity contribution in [2.75, 3.05) is 26.3 Å². The van der Waals surface area contributed by atoms with Gasteiger partial charge in [0.25, 0.3) is 0 Å². The molecule has 0 saturated carbocycles. The number of aromatic nitrogens is 4. The highest BCUT2D eigenvalue weighted by atomic mass is 16.6. The summed E-state index contributed by atoms with van der Waals surface area (Å²) in [7, 11) is 0. The van der Waals surface area contributed by atoms with Gasteiger partial charge in [-0.2, -0.15) is 0 Å². The molecule has 4 N–H and O–H groups in total. The van der Waals surface area contributed by atoms with Crippen LogP contribution in [-0.4, -0.2) is 96.2 Å². The van der Waals surface area contributed by atoms with E-state index in [1.165, 1.54) is 4.90 Å². The molecule has 0 spiro atoms. The van der Waals surface area contributed by atoms with Crippen molar-refractivity contribution in [2.24, 2.45) is 57.5 Å². The van der Waals surface area contributed by atoms with E-state index >= 15 is 0 Å². The molecule has 2 saturated heterocycles. The highest BCUT2D eigenvalue weighted by molar-refractivity contribution is 6.05. The Kier molecular flexibility index (Phi) is 21.9. The number of aryl methyl sites for hydroxylation is 2. The Hall–Kier alpha value is -4.57. The molecule has 16 heteroatoms. The number of nitrogens with zero attached hydrogens (tertiary/aromatic N) is 5. The number of imidazole rings is 2. The molecule has 2 amide bonds. The van der Waals surface area contributed by atoms with Gasteiger partial charge in [-0.25, -0.2) is 14.8 Å². The molecule has 2 fully saturated rings. The van der Waals surface area contributed by atoms with Crippen LogP contribution in [-0.2, 0) is 51.3 Å². The summed E-state index contributed by atoms with van der Waals surface area (Å²) in [4.78, 5) is 83.5. The minimum Gasteiger partial charge on any atom is -0.481 e. The monoisotopic (exact) mass is 846 g/mol. The standard InChI is InChI=1S/C26H41N3O6.C10H15O3.C6H11N3.C2H6O/c1-8-25(4,5)20-18(15-26(6,7)19(23(32)33)17(3)24(34)35-9-2)21(30)29(22(20)31)13-10-12-28-14-11-27-16-28;1-5-10(3,4)7-6(2)8(11)13-9(7)12;7-2-1-4-9-5-3-8-6-9;1-2-3/h11,14,16-20H,8-10,12-13,15H2,1-7H3,(H,32,33);6-7H,2,5H2,1,3-4H3;3,5-6H,1-2,4,7H2;3H,2H2,1H3/q;+1;;. The van der Waals surface area contributed by atoms with Crippen LogP contribution in [0.4, 0.5) is 0 Å². The number of aliphatic hydroxyl groups is 1. The normalized spacial score (nSPS) is 20.2. The van der Waals surface area contributed by atoms with Crippen LogP contribution in [0.5, 0.6) is 0 Å². The van der Waals surface area contributed by atoms with Crippen molar-refractivity contribution in [3.8, 4) is 0 Å². The fourth-order valence-electron chi connectivity index (χ4n) is 7.79. The first-order chi connectivity index (χ1) is 28.0. The number of ether oxygens (including phenoxy) is 2. The first kappa shape index (κ1) is 53.4. The van der Waals surface area contributed by atoms with Gasteiger partial charge < -0.3 is 34.6 Å². The molecular weight excluding hydrogens is 773 g/mol. The number of cyclic esters (lactones) is 2. The molecule has 2 aliphatic heterocycles. The van der Waals surface area contributed by atoms with Gasteiger partial charge in [0.15, 0.2) is 0 Å². The van der Waals surface area contributed by atoms with E-state index in [-0.39, 0.29) is 42.8 Å². The van der Waals surface area contributed by atoms with Gasteiger partial charge in [0.2, 0.25) is 17.7 Å². The van der Waals surface area contributed by atoms with Crippen LogP contribution in [0, 0.1) is 58.7 Å². The number of aliphatic hydroxyl groups excluding tert-OH is 1. The third-order valence-corrected chi connectivity index (χ3v) is 11.7. The number of hydrogen-bond donors (Lipinski definition) is 3. The minimum absolute atomic E-state index is 0.159. The molecule has 2 aromatic rings. The van der Waals surface area contributed by atoms with Crippen molar-refractivity contribution in [1.82, 2.24) is 24.0 Å². The van der Waals surface area contributed by atoms with E-state index in [4.69, 9.17) is 15.6 Å². The average Bonchev–Trinajstić information content (AvgIpc) is 3.98. The van der Waals surface area contributed by atoms with Gasteiger partial charge in [-0.05, 0) is 62.3 Å². The maximum absolute atomic E-state index is 13.6. The van der Waals surface area contributed by atoms with Crippen LogP contribution in [0.1, 0.15) is 108 Å². The van der Waals surface area contributed by atoms with Crippen molar-refractivity contribution in [1.29, 1.82) is 0 Å². The van der Waals surface area contributed by atoms with Gasteiger partial charge in [-0.3, -0.25) is 28.9 Å². The van der Waals surface area contributed by atoms with Crippen molar-refractivity contribution in [3.63, 3.8) is 0 Å². The van der Waals surface area contributed by atoms with E-state index in [0.717, 1.165) is 25.9 Å². The SMILES string of the molecule is CCO.CCOC(=O)C(C)C(C(=O)O)C(C)(C)CC1C(=O)N(CCCn2ccnc2)C(=O)C1C(C)(C)CC.NCCCn1ccnc1.[CH2+]C1C(=O)OC(=O)C1C(C)(C)CC. The third kappa shape index (κ3) is 14.9. The summed E-state index contributed by atoms with van der Waals surface area (Å²) in [5, 5.41) is 17.6. The van der Waals surface area contributed by atoms with Crippen molar-refractivity contribution >= 4 is 35.7 Å². The average molecular weight is 846 g/mol. The number of amides is 2. The molecule has 0 bridgehead atoms. The first-order valence-corrected chi connectivity index (χ1v) is 21.1. The summed E-state index contributed by atoms with van der Waals surface area (Å²) >= 11 is 0. The Labute approximate surface area is 357 Å². The number of esters is 3. The number of carboxylic acids is 1. The molecule has 0 aliphatic carbocycles. The highest BCUT2D eigenvalue weighted by Gasteiger charge is 2.56. The zero-order valence-corrected chi connectivity index (χ0v) is 37.9. The molecule has 6 atom stereocenters. The van der Waals surface area contributed by atoms with Gasteiger partial charge in [0.05, 0.1) is 49.9 Å². The zero-order chi connectivity index (χ0) is 46.0. The number of imide groups is 1. The zero-order valence-electron chi connectivity index (χ0n) is 37.9. The maximum atomic E-state index is 13.6. The Morgan fingerprint density at radius 1 is 0.850 bits per heavy atom. The van der Waals surface area contributed by atoms with Crippen molar-refractivity contribution in [3.05, 3.63) is 44.4 Å². The quantitative estimate of drug-likeness (QED) is 0.0737. The van der Waals surface area contributed by atoms with Gasteiger partial charge >= 0.3 is 23.9 Å². The fourth-order valence-corrected chi connectivity index (χ4v) is 7.79. The van der Waals surface area contributed by atoms with E-state index in [2.05, 4.69) is 21.6 Å². The van der Waals surface area contributed by atoms with Crippen LogP contribution in [0.25, 0.3) is 0 Å². The Morgan fingerprint density at radius 2 is 1.35 bits per heavy atom. The number of carbonyl (C=O) groups is 6. The number of carboxylic acid groups (broad SMARTS) is 1. The Morgan fingerprint density at radius 3 is 1.75 bits per heavy atom. The Bertz CT molecular complexity index is 1640. The largest absolute Gasteiger partial charge is 0.481 e. The third-order valence-electron chi connectivity index (χ3n) is 11.7. The molecule has 338 valence electrons. The lowest BCUT2D eigenvalue weighted by Crippen LogP contribution is -2.43. The maximum Gasteiger partial charge on any atom is 0.362 e. The summed E-state index contributed by atoms with van der Waals surface area (Å²) < 4.78 is 13.5. The predicted octanol–water partition coefficient (Wildman–Crippen LogP) is 5.43. The molecule has 2 aliphatic rings. The lowest BCUT2D eigenvalue weighted by Gasteiger charge is -2.39. The van der Waals surface area contributed by atoms with Crippen LogP contribution >= 0.6 is 0 Å². The number of likely N-dealkylation sites (tertiary alicyclic amines) is 1. The number of hydrogen-bond acceptors (Lipinski definition) is 12. The van der Waals surface area contributed by atoms with Gasteiger partial charge in [0, 0.05) is 51.0 Å². The molecule has 0 radical (unpaired) electrons. The topological polar surface area (TPSA) is 226 Å². The van der Waals surface area contributed by atoms with Gasteiger partial charge in [0.1, 0.15) is 5.92 Å². The van der Waals surface area contributed by atoms with Crippen molar-refractivity contribution < 1.29 is 48.5 Å². The van der Waals surface area contributed by atoms with E-state index < -0.39 is 64.3 Å². The second-order valence-electron chi connectivity index (χ2n) is 17.4. The summed E-state index contributed by atoms with van der Waals surface area (Å²) in [6.07, 6.45) is 14.0. The lowest BCUT2D eigenvalue weighted by atomic mass is 9.63. The number of aliphatic carboxylic acids is 1. The molecule has 16 nitrogen and oxygen atoms in total. The summed E-state index contributed by atoms with van der Waals surface area (Å²) in [6.45, 7) is 27.0. The molecule has 4 heterocycles. The number of rotatable bonds is 18. The van der Waals surface area contributed by atoms with E-state index in [1.54, 1.807) is 59.7 Å². The lowest BCUT2D eigenvalue weighted by molar-refractivity contribution is -0.162. The summed E-state index contributed by atoms with van der Waals surface area (Å²) in [6, 6.07) is 0. The second-order valence-corrected chi connectivity index (χ2v) is 17.4. The minimum atomic E-state index is -1.11. The van der Waals surface area contributed by atoms with Crippen LogP contribution in [0.3, 0.4) is 0 Å². The number of carbonyl (C=O) groups excluding carboxylic acids is 5. The number of nitrogens with two attached hydrogens (primary N) is 1. The molecule has 2 aromatic heterocycles. The van der Waals surface area contributed by atoms with Gasteiger partial charge in [-0.1, -0.05) is 68.7 Å². The molecule has 60 heavy (non-hydrogen) atoms. The molecule has 6 unspecified atom stereocenters. The smallest absolute Gasteiger partial charge is 0.362 e. The second kappa shape index (κ2) is 24.6. The van der Waals surface area contributed by atoms with E-state index in [9.17, 15) is 33.9 Å². The van der Waals surface area contributed by atoms with Crippen LogP contribution in [0.2, 0.25) is 0 Å². The van der Waals surface area contributed by atoms with E-state index in [0.29, 0.717) is 25.9 Å². The first-order valence-electron chi connectivity index (χ1n) is 21.1. The molecule has 0 aromatic carbocycles. The van der Waals surface area contributed by atoms with E-state index in [1.807, 2.05) is 63.1 Å². The molecule has 4 rings (SSSR count). The highest BCUT2D eigenvalue weighted by Crippen LogP contribution is 2.49.